The van der Waals surface area contributed by atoms with Gasteiger partial charge in [-0.3, -0.25) is 4.98 Å². The molecule has 0 radical (unpaired) electrons. The Hall–Kier alpha value is -0.640. The summed E-state index contributed by atoms with van der Waals surface area (Å²) in [7, 11) is 0. The zero-order valence-corrected chi connectivity index (χ0v) is 10.8. The van der Waals surface area contributed by atoms with E-state index >= 15 is 0 Å². The molecule has 0 aliphatic rings. The van der Waals surface area contributed by atoms with Gasteiger partial charge in [0.15, 0.2) is 0 Å². The zero-order chi connectivity index (χ0) is 11.8. The molecule has 0 fully saturated rings. The first-order valence-electron chi connectivity index (χ1n) is 5.79. The number of nitrogens with one attached hydrogen (secondary N) is 1. The van der Waals surface area contributed by atoms with Gasteiger partial charge in [0.05, 0.1) is 10.7 Å². The van der Waals surface area contributed by atoms with Crippen LogP contribution in [0.3, 0.4) is 0 Å². The van der Waals surface area contributed by atoms with E-state index in [1.54, 1.807) is 6.20 Å². The molecule has 0 aromatic carbocycles. The molecule has 1 aromatic rings. The molecule has 1 aromatic heterocycles. The third-order valence-electron chi connectivity index (χ3n) is 2.59. The molecule has 0 saturated heterocycles. The SMILES string of the molecule is CCN(CC)CCNCc1ccc(Cl)cn1. The largest absolute Gasteiger partial charge is 0.310 e. The minimum Gasteiger partial charge on any atom is -0.310 e. The van der Waals surface area contributed by atoms with Crippen molar-refractivity contribution in [2.75, 3.05) is 26.2 Å². The lowest BCUT2D eigenvalue weighted by atomic mass is 10.3. The van der Waals surface area contributed by atoms with E-state index in [9.17, 15) is 0 Å². The third kappa shape index (κ3) is 4.92. The van der Waals surface area contributed by atoms with Gasteiger partial charge in [0.1, 0.15) is 0 Å². The molecule has 0 aliphatic carbocycles. The van der Waals surface area contributed by atoms with Crippen LogP contribution in [0.25, 0.3) is 0 Å². The quantitative estimate of drug-likeness (QED) is 0.742. The summed E-state index contributed by atoms with van der Waals surface area (Å²) in [6.45, 7) is 9.47. The molecule has 0 unspecified atom stereocenters. The van der Waals surface area contributed by atoms with Gasteiger partial charge in [0.2, 0.25) is 0 Å². The van der Waals surface area contributed by atoms with Crippen LogP contribution >= 0.6 is 11.6 Å². The molecule has 0 spiro atoms. The van der Waals surface area contributed by atoms with E-state index in [1.807, 2.05) is 12.1 Å². The molecule has 1 N–H and O–H groups in total. The summed E-state index contributed by atoms with van der Waals surface area (Å²) in [6.07, 6.45) is 1.68. The number of hydrogen-bond donors (Lipinski definition) is 1. The van der Waals surface area contributed by atoms with Crippen LogP contribution < -0.4 is 5.32 Å². The van der Waals surface area contributed by atoms with Crippen molar-refractivity contribution in [3.05, 3.63) is 29.0 Å². The average molecular weight is 242 g/mol. The second-order valence-corrected chi connectivity index (χ2v) is 4.11. The summed E-state index contributed by atoms with van der Waals surface area (Å²) in [5, 5.41) is 4.06. The maximum Gasteiger partial charge on any atom is 0.0589 e. The monoisotopic (exact) mass is 241 g/mol. The van der Waals surface area contributed by atoms with Crippen LogP contribution in [0.5, 0.6) is 0 Å². The van der Waals surface area contributed by atoms with Crippen LogP contribution in [-0.4, -0.2) is 36.1 Å². The number of likely N-dealkylation sites (N-methyl/N-ethyl adjacent to an activating group) is 1. The van der Waals surface area contributed by atoms with Gasteiger partial charge in [0, 0.05) is 25.8 Å². The highest BCUT2D eigenvalue weighted by Gasteiger charge is 1.98. The number of aromatic nitrogens is 1. The predicted octanol–water partition coefficient (Wildman–Crippen LogP) is 2.17. The number of rotatable bonds is 7. The van der Waals surface area contributed by atoms with Crippen molar-refractivity contribution < 1.29 is 0 Å². The number of halogens is 1. The van der Waals surface area contributed by atoms with E-state index in [0.29, 0.717) is 5.02 Å². The van der Waals surface area contributed by atoms with Crippen molar-refractivity contribution in [1.82, 2.24) is 15.2 Å². The fraction of sp³-hybridized carbons (Fsp3) is 0.583. The van der Waals surface area contributed by atoms with E-state index < -0.39 is 0 Å². The molecule has 16 heavy (non-hydrogen) atoms. The maximum absolute atomic E-state index is 5.76. The van der Waals surface area contributed by atoms with Crippen molar-refractivity contribution in [3.8, 4) is 0 Å². The summed E-state index contributed by atoms with van der Waals surface area (Å²) in [4.78, 5) is 6.62. The molecule has 0 amide bonds. The molecule has 0 bridgehead atoms. The van der Waals surface area contributed by atoms with E-state index in [-0.39, 0.29) is 0 Å². The first-order valence-corrected chi connectivity index (χ1v) is 6.17. The lowest BCUT2D eigenvalue weighted by molar-refractivity contribution is 0.302. The summed E-state index contributed by atoms with van der Waals surface area (Å²) in [5.74, 6) is 0. The van der Waals surface area contributed by atoms with Gasteiger partial charge in [-0.05, 0) is 25.2 Å². The summed E-state index contributed by atoms with van der Waals surface area (Å²) < 4.78 is 0. The van der Waals surface area contributed by atoms with Gasteiger partial charge in [-0.25, -0.2) is 0 Å². The molecule has 0 aliphatic heterocycles. The smallest absolute Gasteiger partial charge is 0.0589 e. The molecule has 90 valence electrons. The highest BCUT2D eigenvalue weighted by atomic mass is 35.5. The minimum absolute atomic E-state index is 0.687. The zero-order valence-electron chi connectivity index (χ0n) is 10.0. The van der Waals surface area contributed by atoms with Crippen LogP contribution in [0.1, 0.15) is 19.5 Å². The summed E-state index contributed by atoms with van der Waals surface area (Å²) >= 11 is 5.76. The van der Waals surface area contributed by atoms with E-state index in [0.717, 1.165) is 38.4 Å². The standard InChI is InChI=1S/C12H20ClN3/c1-3-16(4-2)8-7-14-10-12-6-5-11(13)9-15-12/h5-6,9,14H,3-4,7-8,10H2,1-2H3. The number of nitrogens with zero attached hydrogens (tertiary/aromatic N) is 2. The van der Waals surface area contributed by atoms with E-state index in [1.165, 1.54) is 0 Å². The van der Waals surface area contributed by atoms with Gasteiger partial charge in [-0.2, -0.15) is 0 Å². The highest BCUT2D eigenvalue weighted by molar-refractivity contribution is 6.30. The number of pyridine rings is 1. The van der Waals surface area contributed by atoms with Crippen molar-refractivity contribution in [2.45, 2.75) is 20.4 Å². The second kappa shape index (κ2) is 7.60. The van der Waals surface area contributed by atoms with Crippen molar-refractivity contribution >= 4 is 11.6 Å². The summed E-state index contributed by atoms with van der Waals surface area (Å²) in [5.41, 5.74) is 1.03. The van der Waals surface area contributed by atoms with Crippen molar-refractivity contribution in [3.63, 3.8) is 0 Å². The molecule has 3 nitrogen and oxygen atoms in total. The lowest BCUT2D eigenvalue weighted by Gasteiger charge is -2.17. The van der Waals surface area contributed by atoms with E-state index in [4.69, 9.17) is 11.6 Å². The first-order chi connectivity index (χ1) is 7.76. The topological polar surface area (TPSA) is 28.2 Å². The Morgan fingerprint density at radius 3 is 2.62 bits per heavy atom. The average Bonchev–Trinajstić information content (AvgIpc) is 2.32. The Morgan fingerprint density at radius 1 is 1.31 bits per heavy atom. The molecule has 0 atom stereocenters. The minimum atomic E-state index is 0.687. The van der Waals surface area contributed by atoms with Crippen LogP contribution in [-0.2, 0) is 6.54 Å². The molecular weight excluding hydrogens is 222 g/mol. The van der Waals surface area contributed by atoms with Gasteiger partial charge in [-0.1, -0.05) is 25.4 Å². The molecule has 4 heteroatoms. The van der Waals surface area contributed by atoms with Gasteiger partial charge < -0.3 is 10.2 Å². The maximum atomic E-state index is 5.76. The second-order valence-electron chi connectivity index (χ2n) is 3.67. The Kier molecular flexibility index (Phi) is 6.38. The molecular formula is C12H20ClN3. The molecule has 1 heterocycles. The van der Waals surface area contributed by atoms with Gasteiger partial charge in [-0.15, -0.1) is 0 Å². The Balaban J connectivity index is 2.18. The van der Waals surface area contributed by atoms with Crippen molar-refractivity contribution in [1.29, 1.82) is 0 Å². The predicted molar refractivity (Wildman–Crippen MR) is 68.7 cm³/mol. The lowest BCUT2D eigenvalue weighted by Crippen LogP contribution is -2.31. The Morgan fingerprint density at radius 2 is 2.06 bits per heavy atom. The fourth-order valence-electron chi connectivity index (χ4n) is 1.50. The van der Waals surface area contributed by atoms with Crippen LogP contribution in [0.15, 0.2) is 18.3 Å². The van der Waals surface area contributed by atoms with E-state index in [2.05, 4.69) is 29.0 Å². The third-order valence-corrected chi connectivity index (χ3v) is 2.82. The first kappa shape index (κ1) is 13.4. The van der Waals surface area contributed by atoms with Gasteiger partial charge in [0.25, 0.3) is 0 Å². The molecule has 1 rings (SSSR count). The Bertz CT molecular complexity index is 283. The van der Waals surface area contributed by atoms with Crippen LogP contribution in [0, 0.1) is 0 Å². The summed E-state index contributed by atoms with van der Waals surface area (Å²) in [6, 6.07) is 3.82. The van der Waals surface area contributed by atoms with Crippen LogP contribution in [0.4, 0.5) is 0 Å². The fourth-order valence-corrected chi connectivity index (χ4v) is 1.62. The molecule has 0 saturated carbocycles. The van der Waals surface area contributed by atoms with Crippen molar-refractivity contribution in [2.24, 2.45) is 0 Å². The normalized spacial score (nSPS) is 11.0. The van der Waals surface area contributed by atoms with Gasteiger partial charge >= 0.3 is 0 Å². The van der Waals surface area contributed by atoms with Crippen LogP contribution in [0.2, 0.25) is 5.02 Å². The highest BCUT2D eigenvalue weighted by Crippen LogP contribution is 2.05. The Labute approximate surface area is 103 Å². The number of hydrogen-bond acceptors (Lipinski definition) is 3.